The van der Waals surface area contributed by atoms with Gasteiger partial charge in [-0.2, -0.15) is 0 Å². The lowest BCUT2D eigenvalue weighted by atomic mass is 10.0. The maximum Gasteiger partial charge on any atom is 0.293 e. The highest BCUT2D eigenvalue weighted by Gasteiger charge is 2.26. The molecule has 1 N–H and O–H groups in total. The summed E-state index contributed by atoms with van der Waals surface area (Å²) < 4.78 is 0. The monoisotopic (exact) mass is 410 g/mol. The second-order valence-corrected chi connectivity index (χ2v) is 7.48. The van der Waals surface area contributed by atoms with Crippen molar-refractivity contribution < 1.29 is 14.5 Å². The molecule has 1 unspecified atom stereocenters. The number of carbonyl (C=O) groups is 2. The Kier molecular flexibility index (Phi) is 6.66. The predicted molar refractivity (Wildman–Crippen MR) is 115 cm³/mol. The van der Waals surface area contributed by atoms with Crippen LogP contribution in [0.4, 0.5) is 11.4 Å². The number of piperazine rings is 1. The van der Waals surface area contributed by atoms with E-state index >= 15 is 0 Å². The third-order valence-electron chi connectivity index (χ3n) is 5.44. The Hall–Kier alpha value is -3.42. The Labute approximate surface area is 175 Å². The quantitative estimate of drug-likeness (QED) is 0.584. The number of nitro groups is 1. The van der Waals surface area contributed by atoms with Crippen LogP contribution in [-0.4, -0.2) is 54.4 Å². The van der Waals surface area contributed by atoms with Crippen molar-refractivity contribution in [2.24, 2.45) is 0 Å². The highest BCUT2D eigenvalue weighted by molar-refractivity contribution is 5.95. The van der Waals surface area contributed by atoms with Gasteiger partial charge in [0.1, 0.15) is 5.69 Å². The van der Waals surface area contributed by atoms with Gasteiger partial charge in [0, 0.05) is 51.3 Å². The highest BCUT2D eigenvalue weighted by Crippen LogP contribution is 2.30. The van der Waals surface area contributed by atoms with E-state index in [1.165, 1.54) is 13.0 Å². The van der Waals surface area contributed by atoms with E-state index in [0.29, 0.717) is 38.4 Å². The van der Waals surface area contributed by atoms with Gasteiger partial charge in [-0.1, -0.05) is 37.3 Å². The second kappa shape index (κ2) is 9.39. The van der Waals surface area contributed by atoms with Gasteiger partial charge in [-0.3, -0.25) is 19.7 Å². The molecule has 30 heavy (non-hydrogen) atoms. The molecule has 2 aromatic carbocycles. The lowest BCUT2D eigenvalue weighted by Gasteiger charge is -2.35. The predicted octanol–water partition coefficient (Wildman–Crippen LogP) is 2.80. The van der Waals surface area contributed by atoms with E-state index in [2.05, 4.69) is 5.32 Å². The number of nitrogens with zero attached hydrogens (tertiary/aromatic N) is 3. The summed E-state index contributed by atoms with van der Waals surface area (Å²) in [7, 11) is 0. The minimum Gasteiger partial charge on any atom is -0.362 e. The average molecular weight is 410 g/mol. The number of hydrogen-bond donors (Lipinski definition) is 1. The number of nitrogens with one attached hydrogen (secondary N) is 1. The van der Waals surface area contributed by atoms with Crippen molar-refractivity contribution >= 4 is 23.2 Å². The number of rotatable bonds is 6. The van der Waals surface area contributed by atoms with Crippen molar-refractivity contribution in [2.75, 3.05) is 37.6 Å². The van der Waals surface area contributed by atoms with Crippen molar-refractivity contribution in [1.29, 1.82) is 0 Å². The maximum absolute atomic E-state index is 12.6. The van der Waals surface area contributed by atoms with Crippen LogP contribution in [0.5, 0.6) is 0 Å². The van der Waals surface area contributed by atoms with Gasteiger partial charge in [0.15, 0.2) is 0 Å². The molecule has 1 fully saturated rings. The fraction of sp³-hybridized carbons (Fsp3) is 0.364. The van der Waals surface area contributed by atoms with E-state index in [1.54, 1.807) is 17.0 Å². The third-order valence-corrected chi connectivity index (χ3v) is 5.44. The van der Waals surface area contributed by atoms with Crippen LogP contribution in [0.15, 0.2) is 48.5 Å². The summed E-state index contributed by atoms with van der Waals surface area (Å²) in [6.45, 7) is 6.04. The van der Waals surface area contributed by atoms with Gasteiger partial charge in [-0.05, 0) is 23.6 Å². The topological polar surface area (TPSA) is 95.8 Å². The Bertz CT molecular complexity index is 924. The molecular formula is C22H26N4O4. The van der Waals surface area contributed by atoms with Crippen LogP contribution in [0.25, 0.3) is 0 Å². The van der Waals surface area contributed by atoms with Crippen LogP contribution in [-0.2, 0) is 4.79 Å². The number of carbonyl (C=O) groups excluding carboxylic acids is 2. The summed E-state index contributed by atoms with van der Waals surface area (Å²) in [4.78, 5) is 38.9. The van der Waals surface area contributed by atoms with Crippen molar-refractivity contribution in [2.45, 2.75) is 19.8 Å². The van der Waals surface area contributed by atoms with Crippen molar-refractivity contribution in [1.82, 2.24) is 10.2 Å². The molecule has 1 aliphatic heterocycles. The maximum atomic E-state index is 12.6. The van der Waals surface area contributed by atoms with Gasteiger partial charge in [0.05, 0.1) is 4.92 Å². The molecule has 3 rings (SSSR count). The Balaban J connectivity index is 1.69. The molecule has 1 aliphatic rings. The molecule has 2 aromatic rings. The molecule has 8 heteroatoms. The zero-order valence-corrected chi connectivity index (χ0v) is 17.2. The molecule has 8 nitrogen and oxygen atoms in total. The fourth-order valence-corrected chi connectivity index (χ4v) is 3.59. The van der Waals surface area contributed by atoms with Gasteiger partial charge in [-0.15, -0.1) is 0 Å². The standard InChI is InChI=1S/C22H26N4O4/c1-16(18-6-4-3-5-7-18)15-23-22(28)19-8-9-20(21(14-19)26(29)30)25-12-10-24(11-13-25)17(2)27/h3-9,14,16H,10-13,15H2,1-2H3,(H,23,28). The van der Waals surface area contributed by atoms with E-state index in [-0.39, 0.29) is 29.0 Å². The van der Waals surface area contributed by atoms with E-state index in [9.17, 15) is 19.7 Å². The average Bonchev–Trinajstić information content (AvgIpc) is 2.77. The third kappa shape index (κ3) is 4.94. The molecule has 0 radical (unpaired) electrons. The summed E-state index contributed by atoms with van der Waals surface area (Å²) in [6, 6.07) is 14.4. The minimum atomic E-state index is -0.462. The van der Waals surface area contributed by atoms with Crippen LogP contribution in [0.2, 0.25) is 0 Å². The number of benzene rings is 2. The largest absolute Gasteiger partial charge is 0.362 e. The minimum absolute atomic E-state index is 0.000833. The summed E-state index contributed by atoms with van der Waals surface area (Å²) in [5.41, 5.74) is 1.74. The molecule has 1 saturated heterocycles. The van der Waals surface area contributed by atoms with Crippen molar-refractivity contribution in [3.8, 4) is 0 Å². The molecule has 0 spiro atoms. The first-order valence-electron chi connectivity index (χ1n) is 9.99. The molecule has 0 aliphatic carbocycles. The van der Waals surface area contributed by atoms with Crippen LogP contribution < -0.4 is 10.2 Å². The molecule has 1 heterocycles. The summed E-state index contributed by atoms with van der Waals surface area (Å²) in [6.07, 6.45) is 0. The van der Waals surface area contributed by atoms with Gasteiger partial charge >= 0.3 is 0 Å². The fourth-order valence-electron chi connectivity index (χ4n) is 3.59. The first kappa shape index (κ1) is 21.3. The summed E-state index contributed by atoms with van der Waals surface area (Å²) in [5.74, 6) is -0.211. The lowest BCUT2D eigenvalue weighted by molar-refractivity contribution is -0.384. The van der Waals surface area contributed by atoms with Crippen LogP contribution >= 0.6 is 0 Å². The van der Waals surface area contributed by atoms with E-state index in [1.807, 2.05) is 42.2 Å². The van der Waals surface area contributed by atoms with Crippen molar-refractivity contribution in [3.05, 3.63) is 69.8 Å². The van der Waals surface area contributed by atoms with Crippen LogP contribution in [0, 0.1) is 10.1 Å². The molecular weight excluding hydrogens is 384 g/mol. The summed E-state index contributed by atoms with van der Waals surface area (Å²) >= 11 is 0. The second-order valence-electron chi connectivity index (χ2n) is 7.48. The Morgan fingerprint density at radius 2 is 1.77 bits per heavy atom. The molecule has 0 aromatic heterocycles. The van der Waals surface area contributed by atoms with Gasteiger partial charge in [0.2, 0.25) is 5.91 Å². The molecule has 158 valence electrons. The number of amides is 2. The first-order chi connectivity index (χ1) is 14.4. The van der Waals surface area contributed by atoms with Gasteiger partial charge in [-0.25, -0.2) is 0 Å². The molecule has 0 bridgehead atoms. The zero-order valence-electron chi connectivity index (χ0n) is 17.2. The summed E-state index contributed by atoms with van der Waals surface area (Å²) in [5, 5.41) is 14.5. The van der Waals surface area contributed by atoms with Gasteiger partial charge in [0.25, 0.3) is 11.6 Å². The van der Waals surface area contributed by atoms with E-state index in [0.717, 1.165) is 5.56 Å². The van der Waals surface area contributed by atoms with Crippen LogP contribution in [0.1, 0.15) is 35.7 Å². The first-order valence-corrected chi connectivity index (χ1v) is 9.99. The number of hydrogen-bond acceptors (Lipinski definition) is 5. The Morgan fingerprint density at radius 1 is 1.10 bits per heavy atom. The Morgan fingerprint density at radius 3 is 2.37 bits per heavy atom. The number of nitro benzene ring substituents is 1. The zero-order chi connectivity index (χ0) is 21.7. The lowest BCUT2D eigenvalue weighted by Crippen LogP contribution is -2.48. The molecule has 2 amide bonds. The number of anilines is 1. The van der Waals surface area contributed by atoms with Gasteiger partial charge < -0.3 is 15.1 Å². The highest BCUT2D eigenvalue weighted by atomic mass is 16.6. The normalized spacial score (nSPS) is 14.9. The molecule has 1 atom stereocenters. The van der Waals surface area contributed by atoms with Crippen LogP contribution in [0.3, 0.4) is 0 Å². The van der Waals surface area contributed by atoms with E-state index < -0.39 is 4.92 Å². The molecule has 0 saturated carbocycles. The smallest absolute Gasteiger partial charge is 0.293 e. The van der Waals surface area contributed by atoms with Crippen molar-refractivity contribution in [3.63, 3.8) is 0 Å². The van der Waals surface area contributed by atoms with E-state index in [4.69, 9.17) is 0 Å². The SMILES string of the molecule is CC(=O)N1CCN(c2ccc(C(=O)NCC(C)c3ccccc3)cc2[N+](=O)[O-])CC1.